The first-order valence-corrected chi connectivity index (χ1v) is 10.4. The molecule has 1 aliphatic heterocycles. The minimum atomic E-state index is -0.667. The molecule has 9 heteroatoms. The van der Waals surface area contributed by atoms with E-state index < -0.39 is 6.23 Å². The van der Waals surface area contributed by atoms with E-state index >= 15 is 0 Å². The van der Waals surface area contributed by atoms with Gasteiger partial charge in [-0.25, -0.2) is 4.98 Å². The van der Waals surface area contributed by atoms with Gasteiger partial charge in [-0.2, -0.15) is 10.4 Å². The lowest BCUT2D eigenvalue weighted by molar-refractivity contribution is -0.127. The number of nitrogens with zero attached hydrogens (tertiary/aromatic N) is 5. The van der Waals surface area contributed by atoms with Crippen molar-refractivity contribution in [3.63, 3.8) is 0 Å². The molecule has 0 fully saturated rings. The number of benzene rings is 1. The topological polar surface area (TPSA) is 108 Å². The maximum absolute atomic E-state index is 12.3. The molecular weight excluding hydrogens is 406 g/mol. The molecule has 3 aromatic rings. The highest BCUT2D eigenvalue weighted by Crippen LogP contribution is 2.35. The molecule has 0 saturated carbocycles. The number of hydrogen-bond acceptors (Lipinski definition) is 7. The summed E-state index contributed by atoms with van der Waals surface area (Å²) in [6.07, 6.45) is 3.11. The van der Waals surface area contributed by atoms with E-state index in [0.717, 1.165) is 22.5 Å². The fourth-order valence-corrected chi connectivity index (χ4v) is 3.71. The summed E-state index contributed by atoms with van der Waals surface area (Å²) < 4.78 is 7.43. The second kappa shape index (κ2) is 9.08. The number of nitrogens with one attached hydrogen (secondary N) is 2. The van der Waals surface area contributed by atoms with Gasteiger partial charge in [0.25, 0.3) is 5.91 Å². The van der Waals surface area contributed by atoms with E-state index in [9.17, 15) is 4.79 Å². The molecule has 32 heavy (non-hydrogen) atoms. The number of aromatic nitrogens is 3. The average Bonchev–Trinajstić information content (AvgIpc) is 3.23. The maximum atomic E-state index is 12.3. The average molecular weight is 432 g/mol. The number of nitriles is 1. The number of carbonyl (C=O) groups is 1. The number of pyridine rings is 1. The van der Waals surface area contributed by atoms with Crippen LogP contribution in [0.1, 0.15) is 29.3 Å². The fourth-order valence-electron chi connectivity index (χ4n) is 3.71. The molecule has 0 spiro atoms. The second-order valence-electron chi connectivity index (χ2n) is 7.61. The predicted octanol–water partition coefficient (Wildman–Crippen LogP) is 2.87. The summed E-state index contributed by atoms with van der Waals surface area (Å²) in [7, 11) is 1.84. The number of ether oxygens (including phenoxy) is 1. The van der Waals surface area contributed by atoms with Gasteiger partial charge in [0.15, 0.2) is 0 Å². The van der Waals surface area contributed by atoms with Crippen molar-refractivity contribution in [3.8, 4) is 6.07 Å². The standard InChI is InChI=1S/C23H25N7O2/c1-4-32-23-22(31)28-21-15(2)27-20(9-19(21)29(23)3)25-11-18-12-26-30(14-18)13-17-7-5-6-16(8-17)10-24/h5-9,12,14,23H,4,11,13H2,1-3H3,(H,25,27)(H,28,31). The molecular formula is C23H25N7O2. The number of amides is 1. The van der Waals surface area contributed by atoms with Gasteiger partial charge in [0, 0.05) is 38.0 Å². The molecule has 2 N–H and O–H groups in total. The minimum Gasteiger partial charge on any atom is -0.366 e. The van der Waals surface area contributed by atoms with Crippen LogP contribution >= 0.6 is 0 Å². The molecule has 1 unspecified atom stereocenters. The summed E-state index contributed by atoms with van der Waals surface area (Å²) in [5.41, 5.74) is 4.95. The Labute approximate surface area is 186 Å². The molecule has 0 aliphatic carbocycles. The zero-order chi connectivity index (χ0) is 22.7. The van der Waals surface area contributed by atoms with Crippen molar-refractivity contribution in [2.75, 3.05) is 29.2 Å². The van der Waals surface area contributed by atoms with Crippen LogP contribution in [0.3, 0.4) is 0 Å². The van der Waals surface area contributed by atoms with Crippen molar-refractivity contribution < 1.29 is 9.53 Å². The Balaban J connectivity index is 1.45. The van der Waals surface area contributed by atoms with E-state index in [1.807, 2.05) is 67.1 Å². The van der Waals surface area contributed by atoms with Crippen LogP contribution in [0.25, 0.3) is 0 Å². The van der Waals surface area contributed by atoms with E-state index in [1.54, 1.807) is 6.07 Å². The van der Waals surface area contributed by atoms with Crippen molar-refractivity contribution in [2.24, 2.45) is 0 Å². The Hall–Kier alpha value is -3.90. The van der Waals surface area contributed by atoms with Crippen molar-refractivity contribution in [3.05, 3.63) is 65.1 Å². The van der Waals surface area contributed by atoms with E-state index in [4.69, 9.17) is 10.00 Å². The van der Waals surface area contributed by atoms with Crippen LogP contribution in [0.2, 0.25) is 0 Å². The molecule has 3 heterocycles. The summed E-state index contributed by atoms with van der Waals surface area (Å²) >= 11 is 0. The molecule has 1 aromatic carbocycles. The van der Waals surface area contributed by atoms with Gasteiger partial charge in [-0.15, -0.1) is 0 Å². The summed E-state index contributed by atoms with van der Waals surface area (Å²) in [5.74, 6) is 0.508. The predicted molar refractivity (Wildman–Crippen MR) is 121 cm³/mol. The van der Waals surface area contributed by atoms with E-state index in [0.29, 0.717) is 36.8 Å². The summed E-state index contributed by atoms with van der Waals surface area (Å²) in [4.78, 5) is 18.7. The van der Waals surface area contributed by atoms with Crippen molar-refractivity contribution in [2.45, 2.75) is 33.2 Å². The first-order valence-electron chi connectivity index (χ1n) is 10.4. The number of rotatable bonds is 7. The molecule has 0 saturated heterocycles. The second-order valence-corrected chi connectivity index (χ2v) is 7.61. The van der Waals surface area contributed by atoms with Crippen LogP contribution < -0.4 is 15.5 Å². The number of anilines is 3. The van der Waals surface area contributed by atoms with Gasteiger partial charge in [-0.3, -0.25) is 9.48 Å². The van der Waals surface area contributed by atoms with E-state index in [-0.39, 0.29) is 5.91 Å². The third-order valence-electron chi connectivity index (χ3n) is 5.27. The fraction of sp³-hybridized carbons (Fsp3) is 0.304. The Morgan fingerprint density at radius 2 is 2.16 bits per heavy atom. The van der Waals surface area contributed by atoms with Crippen molar-refractivity contribution >= 4 is 23.1 Å². The zero-order valence-corrected chi connectivity index (χ0v) is 18.3. The molecule has 2 aromatic heterocycles. The number of aryl methyl sites for hydroxylation is 1. The van der Waals surface area contributed by atoms with Crippen LogP contribution in [-0.4, -0.2) is 40.6 Å². The zero-order valence-electron chi connectivity index (χ0n) is 18.3. The number of fused-ring (bicyclic) bond motifs is 1. The van der Waals surface area contributed by atoms with Gasteiger partial charge in [0.05, 0.1) is 41.4 Å². The SMILES string of the molecule is CCOC1C(=O)Nc2c(cc(NCc3cnn(Cc4cccc(C#N)c4)c3)nc2C)N1C. The highest BCUT2D eigenvalue weighted by Gasteiger charge is 2.32. The van der Waals surface area contributed by atoms with Crippen molar-refractivity contribution in [1.82, 2.24) is 14.8 Å². The van der Waals surface area contributed by atoms with Crippen LogP contribution in [0.15, 0.2) is 42.7 Å². The Kier molecular flexibility index (Phi) is 6.05. The first-order chi connectivity index (χ1) is 15.5. The van der Waals surface area contributed by atoms with Gasteiger partial charge in [0.2, 0.25) is 6.23 Å². The van der Waals surface area contributed by atoms with Gasteiger partial charge in [0.1, 0.15) is 5.82 Å². The van der Waals surface area contributed by atoms with Gasteiger partial charge in [-0.05, 0) is 31.5 Å². The Morgan fingerprint density at radius 1 is 1.31 bits per heavy atom. The number of likely N-dealkylation sites (N-methyl/N-ethyl adjacent to an activating group) is 1. The number of hydrogen-bond donors (Lipinski definition) is 2. The molecule has 1 aliphatic rings. The summed E-state index contributed by atoms with van der Waals surface area (Å²) in [6, 6.07) is 11.6. The number of carbonyl (C=O) groups excluding carboxylic acids is 1. The van der Waals surface area contributed by atoms with E-state index in [2.05, 4.69) is 26.8 Å². The van der Waals surface area contributed by atoms with Crippen LogP contribution in [0, 0.1) is 18.3 Å². The minimum absolute atomic E-state index is 0.194. The lowest BCUT2D eigenvalue weighted by Crippen LogP contribution is -2.48. The van der Waals surface area contributed by atoms with Crippen LogP contribution in [0.5, 0.6) is 0 Å². The molecule has 0 bridgehead atoms. The molecule has 0 radical (unpaired) electrons. The smallest absolute Gasteiger partial charge is 0.274 e. The Bertz CT molecular complexity index is 1180. The monoisotopic (exact) mass is 431 g/mol. The summed E-state index contributed by atoms with van der Waals surface area (Å²) in [6.45, 7) is 5.32. The quantitative estimate of drug-likeness (QED) is 0.592. The third-order valence-corrected chi connectivity index (χ3v) is 5.27. The molecule has 9 nitrogen and oxygen atoms in total. The lowest BCUT2D eigenvalue weighted by Gasteiger charge is -2.35. The van der Waals surface area contributed by atoms with Gasteiger partial charge in [-0.1, -0.05) is 12.1 Å². The molecule has 1 amide bonds. The van der Waals surface area contributed by atoms with Crippen LogP contribution in [0.4, 0.5) is 17.2 Å². The van der Waals surface area contributed by atoms with Crippen LogP contribution in [-0.2, 0) is 22.6 Å². The largest absolute Gasteiger partial charge is 0.366 e. The lowest BCUT2D eigenvalue weighted by atomic mass is 10.1. The van der Waals surface area contributed by atoms with Gasteiger partial charge < -0.3 is 20.3 Å². The van der Waals surface area contributed by atoms with Crippen molar-refractivity contribution in [1.29, 1.82) is 5.26 Å². The molecule has 1 atom stereocenters. The highest BCUT2D eigenvalue weighted by molar-refractivity contribution is 6.03. The highest BCUT2D eigenvalue weighted by atomic mass is 16.5. The van der Waals surface area contributed by atoms with E-state index in [1.165, 1.54) is 0 Å². The Morgan fingerprint density at radius 3 is 2.94 bits per heavy atom. The first kappa shape index (κ1) is 21.3. The molecule has 164 valence electrons. The summed E-state index contributed by atoms with van der Waals surface area (Å²) in [5, 5.41) is 19.7. The van der Waals surface area contributed by atoms with Gasteiger partial charge >= 0.3 is 0 Å². The molecule has 4 rings (SSSR count). The normalized spacial score (nSPS) is 15.1. The third kappa shape index (κ3) is 4.40. The maximum Gasteiger partial charge on any atom is 0.274 e.